The molecular weight excluding hydrogens is 373 g/mol. The maximum absolute atomic E-state index is 6.29. The van der Waals surface area contributed by atoms with Crippen LogP contribution in [0.2, 0.25) is 0 Å². The number of nitrogens with zero attached hydrogens (tertiary/aromatic N) is 3. The van der Waals surface area contributed by atoms with Crippen molar-refractivity contribution in [3.8, 4) is 0 Å². The maximum Gasteiger partial charge on any atom is 0.494 e. The molecule has 30 heavy (non-hydrogen) atoms. The van der Waals surface area contributed by atoms with E-state index in [4.69, 9.17) is 19.3 Å². The van der Waals surface area contributed by atoms with Crippen molar-refractivity contribution in [2.24, 2.45) is 0 Å². The highest BCUT2D eigenvalue weighted by Crippen LogP contribution is 2.37. The van der Waals surface area contributed by atoms with Crippen molar-refractivity contribution in [2.75, 3.05) is 0 Å². The Hall–Kier alpha value is -2.96. The Morgan fingerprint density at radius 3 is 2.40 bits per heavy atom. The molecule has 3 aromatic heterocycles. The minimum atomic E-state index is -0.409. The van der Waals surface area contributed by atoms with Crippen molar-refractivity contribution >= 4 is 51.1 Å². The SMILES string of the molecule is CC1(C)OB(c2ccc3c(c2)c2ncccc2c2nc4ccccc4n32)OC1(C)C. The number of rotatable bonds is 1. The Kier molecular flexibility index (Phi) is 3.46. The summed E-state index contributed by atoms with van der Waals surface area (Å²) in [5, 5.41) is 2.10. The Labute approximate surface area is 174 Å². The molecule has 0 aliphatic carbocycles. The van der Waals surface area contributed by atoms with E-state index >= 15 is 0 Å². The van der Waals surface area contributed by atoms with Crippen LogP contribution in [0.1, 0.15) is 27.7 Å². The Morgan fingerprint density at radius 2 is 1.60 bits per heavy atom. The van der Waals surface area contributed by atoms with E-state index in [9.17, 15) is 0 Å². The number of hydrogen-bond donors (Lipinski definition) is 0. The topological polar surface area (TPSA) is 48.7 Å². The molecule has 0 unspecified atom stereocenters. The third kappa shape index (κ3) is 2.32. The van der Waals surface area contributed by atoms with Gasteiger partial charge in [-0.25, -0.2) is 4.98 Å². The Bertz CT molecular complexity index is 1460. The lowest BCUT2D eigenvalue weighted by molar-refractivity contribution is 0.00578. The molecule has 1 fully saturated rings. The molecule has 1 aliphatic rings. The predicted octanol–water partition coefficient (Wildman–Crippen LogP) is 4.49. The monoisotopic (exact) mass is 395 g/mol. The lowest BCUT2D eigenvalue weighted by Gasteiger charge is -2.32. The van der Waals surface area contributed by atoms with Gasteiger partial charge in [-0.2, -0.15) is 0 Å². The standard InChI is InChI=1S/C24H22BN3O2/c1-23(2)24(3,4)30-25(29-23)15-11-12-19-17(14-15)21-16(8-7-13-26-21)22-27-18-9-5-6-10-20(18)28(19)22/h5-14H,1-4H3. The van der Waals surface area contributed by atoms with Gasteiger partial charge in [0.25, 0.3) is 0 Å². The molecule has 0 amide bonds. The molecule has 6 heteroatoms. The fraction of sp³-hybridized carbons (Fsp3) is 0.250. The lowest BCUT2D eigenvalue weighted by Crippen LogP contribution is -2.41. The molecule has 0 radical (unpaired) electrons. The summed E-state index contributed by atoms with van der Waals surface area (Å²) in [5.74, 6) is 0. The number of hydrogen-bond acceptors (Lipinski definition) is 4. The van der Waals surface area contributed by atoms with Crippen LogP contribution in [-0.4, -0.2) is 32.7 Å². The number of imidazole rings is 1. The molecule has 6 rings (SSSR count). The molecule has 0 spiro atoms. The highest BCUT2D eigenvalue weighted by molar-refractivity contribution is 6.62. The van der Waals surface area contributed by atoms with Crippen LogP contribution in [0.5, 0.6) is 0 Å². The van der Waals surface area contributed by atoms with Crippen LogP contribution >= 0.6 is 0 Å². The number of fused-ring (bicyclic) bond motifs is 8. The van der Waals surface area contributed by atoms with Gasteiger partial charge >= 0.3 is 7.12 Å². The van der Waals surface area contributed by atoms with Gasteiger partial charge in [0.1, 0.15) is 5.65 Å². The van der Waals surface area contributed by atoms with Gasteiger partial charge in [0.2, 0.25) is 0 Å². The summed E-state index contributed by atoms with van der Waals surface area (Å²) >= 11 is 0. The van der Waals surface area contributed by atoms with Crippen molar-refractivity contribution in [3.05, 3.63) is 60.8 Å². The third-order valence-electron chi connectivity index (χ3n) is 6.65. The quantitative estimate of drug-likeness (QED) is 0.310. The normalized spacial score (nSPS) is 18.2. The van der Waals surface area contributed by atoms with E-state index in [0.29, 0.717) is 0 Å². The molecule has 5 nitrogen and oxygen atoms in total. The van der Waals surface area contributed by atoms with Crippen LogP contribution in [0.4, 0.5) is 0 Å². The summed E-state index contributed by atoms with van der Waals surface area (Å²) in [6.45, 7) is 8.30. The molecule has 0 atom stereocenters. The van der Waals surface area contributed by atoms with Crippen LogP contribution in [0.3, 0.4) is 0 Å². The zero-order valence-electron chi connectivity index (χ0n) is 17.5. The number of pyridine rings is 2. The number of para-hydroxylation sites is 2. The molecule has 148 valence electrons. The molecule has 1 saturated heterocycles. The first kappa shape index (κ1) is 17.9. The molecule has 5 aromatic rings. The summed E-state index contributed by atoms with van der Waals surface area (Å²) in [6.07, 6.45) is 1.84. The minimum absolute atomic E-state index is 0.378. The van der Waals surface area contributed by atoms with Crippen LogP contribution in [-0.2, 0) is 9.31 Å². The first-order valence-corrected chi connectivity index (χ1v) is 10.3. The molecule has 4 heterocycles. The molecule has 0 saturated carbocycles. The Morgan fingerprint density at radius 1 is 0.833 bits per heavy atom. The number of benzene rings is 2. The smallest absolute Gasteiger partial charge is 0.399 e. The summed E-state index contributed by atoms with van der Waals surface area (Å²) in [4.78, 5) is 9.62. The van der Waals surface area contributed by atoms with Gasteiger partial charge in [-0.1, -0.05) is 24.3 Å². The van der Waals surface area contributed by atoms with Crippen LogP contribution < -0.4 is 5.46 Å². The molecular formula is C24H22BN3O2. The van der Waals surface area contributed by atoms with E-state index in [1.54, 1.807) is 0 Å². The highest BCUT2D eigenvalue weighted by Gasteiger charge is 2.51. The summed E-state index contributed by atoms with van der Waals surface area (Å²) in [6, 6.07) is 18.7. The van der Waals surface area contributed by atoms with Crippen molar-refractivity contribution in [3.63, 3.8) is 0 Å². The van der Waals surface area contributed by atoms with Gasteiger partial charge in [-0.05, 0) is 63.5 Å². The van der Waals surface area contributed by atoms with Crippen LogP contribution in [0.15, 0.2) is 60.8 Å². The fourth-order valence-corrected chi connectivity index (χ4v) is 4.31. The van der Waals surface area contributed by atoms with Crippen LogP contribution in [0.25, 0.3) is 38.5 Å². The second-order valence-corrected chi connectivity index (χ2v) is 9.02. The Balaban J connectivity index is 1.68. The molecule has 0 bridgehead atoms. The molecule has 0 N–H and O–H groups in total. The summed E-state index contributed by atoms with van der Waals surface area (Å²) < 4.78 is 14.8. The third-order valence-corrected chi connectivity index (χ3v) is 6.65. The van der Waals surface area contributed by atoms with E-state index < -0.39 is 7.12 Å². The van der Waals surface area contributed by atoms with E-state index in [1.165, 1.54) is 0 Å². The lowest BCUT2D eigenvalue weighted by atomic mass is 9.78. The van der Waals surface area contributed by atoms with E-state index in [2.05, 4.69) is 74.6 Å². The first-order valence-electron chi connectivity index (χ1n) is 10.3. The van der Waals surface area contributed by atoms with Crippen molar-refractivity contribution in [2.45, 2.75) is 38.9 Å². The van der Waals surface area contributed by atoms with Gasteiger partial charge in [-0.15, -0.1) is 0 Å². The van der Waals surface area contributed by atoms with E-state index in [1.807, 2.05) is 18.3 Å². The van der Waals surface area contributed by atoms with Crippen molar-refractivity contribution < 1.29 is 9.31 Å². The molecule has 1 aliphatic heterocycles. The van der Waals surface area contributed by atoms with E-state index in [-0.39, 0.29) is 11.2 Å². The maximum atomic E-state index is 6.29. The van der Waals surface area contributed by atoms with Gasteiger partial charge in [0.05, 0.1) is 33.3 Å². The number of aromatic nitrogens is 3. The first-order chi connectivity index (χ1) is 14.4. The van der Waals surface area contributed by atoms with Crippen molar-refractivity contribution in [1.29, 1.82) is 0 Å². The van der Waals surface area contributed by atoms with E-state index in [0.717, 1.165) is 43.9 Å². The average molecular weight is 395 g/mol. The van der Waals surface area contributed by atoms with Gasteiger partial charge in [0, 0.05) is 17.0 Å². The second kappa shape index (κ2) is 5.81. The van der Waals surface area contributed by atoms with Gasteiger partial charge in [0.15, 0.2) is 0 Å². The zero-order valence-corrected chi connectivity index (χ0v) is 17.5. The summed E-state index contributed by atoms with van der Waals surface area (Å²) in [7, 11) is -0.409. The highest BCUT2D eigenvalue weighted by atomic mass is 16.7. The minimum Gasteiger partial charge on any atom is -0.399 e. The fourth-order valence-electron chi connectivity index (χ4n) is 4.31. The second-order valence-electron chi connectivity index (χ2n) is 9.02. The van der Waals surface area contributed by atoms with Crippen LogP contribution in [0, 0.1) is 0 Å². The summed E-state index contributed by atoms with van der Waals surface area (Å²) in [5.41, 5.74) is 5.25. The van der Waals surface area contributed by atoms with Gasteiger partial charge in [-0.3, -0.25) is 9.38 Å². The predicted molar refractivity (Wildman–Crippen MR) is 121 cm³/mol. The van der Waals surface area contributed by atoms with Crippen molar-refractivity contribution in [1.82, 2.24) is 14.4 Å². The molecule has 2 aromatic carbocycles. The average Bonchev–Trinajstić information content (AvgIpc) is 3.22. The van der Waals surface area contributed by atoms with Gasteiger partial charge < -0.3 is 9.31 Å². The largest absolute Gasteiger partial charge is 0.494 e. The zero-order chi connectivity index (χ0) is 20.7.